The molecule has 10 nitrogen and oxygen atoms in total. The van der Waals surface area contributed by atoms with Crippen molar-refractivity contribution in [2.24, 2.45) is 0 Å². The van der Waals surface area contributed by atoms with Crippen LogP contribution in [-0.4, -0.2) is 86.0 Å². The highest BCUT2D eigenvalue weighted by Gasteiger charge is 2.27. The number of sulfonamides is 1. The molecule has 2 saturated heterocycles. The van der Waals surface area contributed by atoms with E-state index >= 15 is 0 Å². The van der Waals surface area contributed by atoms with E-state index in [-0.39, 0.29) is 22.3 Å². The van der Waals surface area contributed by atoms with Gasteiger partial charge in [0.2, 0.25) is 10.0 Å². The predicted molar refractivity (Wildman–Crippen MR) is 124 cm³/mol. The number of anilines is 1. The molecule has 2 fully saturated rings. The van der Waals surface area contributed by atoms with Crippen LogP contribution in [0.15, 0.2) is 35.4 Å². The lowest BCUT2D eigenvalue weighted by atomic mass is 10.1. The highest BCUT2D eigenvalue weighted by atomic mass is 32.2. The average molecular weight is 475 g/mol. The normalized spacial score (nSPS) is 17.8. The molecule has 0 saturated carbocycles. The molecule has 0 bridgehead atoms. The molecule has 1 aromatic heterocycles. The summed E-state index contributed by atoms with van der Waals surface area (Å²) in [4.78, 5) is 23.7. The second-order valence-corrected chi connectivity index (χ2v) is 10.1. The molecule has 33 heavy (non-hydrogen) atoms. The molecule has 4 rings (SSSR count). The molecule has 178 valence electrons. The van der Waals surface area contributed by atoms with E-state index in [0.29, 0.717) is 30.9 Å². The van der Waals surface area contributed by atoms with Crippen molar-refractivity contribution < 1.29 is 17.9 Å². The number of nitrogen functional groups attached to an aromatic ring is 1. The molecule has 2 aromatic rings. The molecule has 0 aliphatic carbocycles. The first-order valence-electron chi connectivity index (χ1n) is 11.3. The van der Waals surface area contributed by atoms with Gasteiger partial charge in [-0.1, -0.05) is 12.1 Å². The fourth-order valence-electron chi connectivity index (χ4n) is 3.99. The highest BCUT2D eigenvalue weighted by molar-refractivity contribution is 7.89. The first-order chi connectivity index (χ1) is 15.9. The van der Waals surface area contributed by atoms with E-state index in [2.05, 4.69) is 20.2 Å². The minimum absolute atomic E-state index is 0.0534. The zero-order valence-corrected chi connectivity index (χ0v) is 19.4. The molecular formula is C22H30N6O4S. The van der Waals surface area contributed by atoms with Crippen molar-refractivity contribution in [3.05, 3.63) is 36.2 Å². The molecule has 0 atom stereocenters. The number of hydrogen-bond acceptors (Lipinski definition) is 8. The number of nitrogens with zero attached hydrogens (tertiary/aromatic N) is 4. The molecular weight excluding hydrogens is 444 g/mol. The van der Waals surface area contributed by atoms with Gasteiger partial charge in [-0.15, -0.1) is 0 Å². The zero-order valence-electron chi connectivity index (χ0n) is 18.6. The number of aromatic nitrogens is 2. The Morgan fingerprint density at radius 3 is 2.48 bits per heavy atom. The lowest BCUT2D eigenvalue weighted by molar-refractivity contribution is 0.0374. The van der Waals surface area contributed by atoms with E-state index in [1.54, 1.807) is 24.3 Å². The van der Waals surface area contributed by atoms with Crippen molar-refractivity contribution in [2.45, 2.75) is 24.2 Å². The maximum Gasteiger partial charge on any atom is 0.273 e. The van der Waals surface area contributed by atoms with Gasteiger partial charge in [-0.2, -0.15) is 4.31 Å². The molecule has 1 aromatic carbocycles. The van der Waals surface area contributed by atoms with Crippen LogP contribution in [0.3, 0.4) is 0 Å². The second kappa shape index (κ2) is 10.6. The van der Waals surface area contributed by atoms with E-state index in [1.807, 2.05) is 0 Å². The average Bonchev–Trinajstić information content (AvgIpc) is 3.39. The van der Waals surface area contributed by atoms with Crippen molar-refractivity contribution in [3.63, 3.8) is 0 Å². The smallest absolute Gasteiger partial charge is 0.273 e. The van der Waals surface area contributed by atoms with E-state index < -0.39 is 10.0 Å². The number of rotatable bonds is 8. The largest absolute Gasteiger partial charge is 0.382 e. The Labute approximate surface area is 194 Å². The third-order valence-corrected chi connectivity index (χ3v) is 7.82. The van der Waals surface area contributed by atoms with E-state index in [1.165, 1.54) is 10.5 Å². The molecule has 3 N–H and O–H groups in total. The van der Waals surface area contributed by atoms with Crippen LogP contribution in [0.1, 0.15) is 29.8 Å². The summed E-state index contributed by atoms with van der Waals surface area (Å²) in [5, 5.41) is 2.85. The van der Waals surface area contributed by atoms with Gasteiger partial charge < -0.3 is 15.8 Å². The first kappa shape index (κ1) is 23.6. The van der Waals surface area contributed by atoms with Gasteiger partial charge in [0.15, 0.2) is 11.5 Å². The van der Waals surface area contributed by atoms with Crippen LogP contribution in [0, 0.1) is 0 Å². The van der Waals surface area contributed by atoms with Gasteiger partial charge in [-0.3, -0.25) is 9.69 Å². The summed E-state index contributed by atoms with van der Waals surface area (Å²) < 4.78 is 32.3. The summed E-state index contributed by atoms with van der Waals surface area (Å²) in [7, 11) is -3.48. The van der Waals surface area contributed by atoms with E-state index in [4.69, 9.17) is 10.5 Å². The number of nitrogens with one attached hydrogen (secondary N) is 1. The lowest BCUT2D eigenvalue weighted by Gasteiger charge is -2.26. The minimum Gasteiger partial charge on any atom is -0.382 e. The van der Waals surface area contributed by atoms with E-state index in [0.717, 1.165) is 52.1 Å². The standard InChI is InChI=1S/C22H30N6O4S/c23-21-20(22(29)24-8-3-9-27-12-14-32-15-13-27)26-19(16-25-21)17-4-6-18(7-5-17)33(30,31)28-10-1-2-11-28/h4-7,16H,1-3,8-15H2,(H2,23,25)(H,24,29). The number of ether oxygens (including phenoxy) is 1. The molecule has 2 aliphatic heterocycles. The van der Waals surface area contributed by atoms with Crippen LogP contribution in [-0.2, 0) is 14.8 Å². The zero-order chi connectivity index (χ0) is 23.3. The van der Waals surface area contributed by atoms with Gasteiger partial charge >= 0.3 is 0 Å². The summed E-state index contributed by atoms with van der Waals surface area (Å²) >= 11 is 0. The van der Waals surface area contributed by atoms with Crippen molar-refractivity contribution in [1.82, 2.24) is 24.5 Å². The van der Waals surface area contributed by atoms with Crippen molar-refractivity contribution >= 4 is 21.7 Å². The monoisotopic (exact) mass is 474 g/mol. The van der Waals surface area contributed by atoms with Crippen LogP contribution in [0.25, 0.3) is 11.3 Å². The van der Waals surface area contributed by atoms with Crippen molar-refractivity contribution in [2.75, 3.05) is 58.2 Å². The highest BCUT2D eigenvalue weighted by Crippen LogP contribution is 2.24. The molecule has 11 heteroatoms. The molecule has 0 unspecified atom stereocenters. The Morgan fingerprint density at radius 1 is 1.09 bits per heavy atom. The molecule has 0 spiro atoms. The maximum absolute atomic E-state index is 12.7. The second-order valence-electron chi connectivity index (χ2n) is 8.19. The number of benzene rings is 1. The summed E-state index contributed by atoms with van der Waals surface area (Å²) in [6, 6.07) is 6.47. The number of nitrogens with two attached hydrogens (primary N) is 1. The number of carbonyl (C=O) groups excluding carboxylic acids is 1. The van der Waals surface area contributed by atoms with Gasteiger partial charge in [-0.25, -0.2) is 18.4 Å². The van der Waals surface area contributed by atoms with Gasteiger partial charge in [-0.05, 0) is 37.9 Å². The summed E-state index contributed by atoms with van der Waals surface area (Å²) in [6.07, 6.45) is 4.06. The number of carbonyl (C=O) groups is 1. The van der Waals surface area contributed by atoms with Gasteiger partial charge in [0.25, 0.3) is 5.91 Å². The Bertz CT molecular complexity index is 1060. The van der Waals surface area contributed by atoms with Crippen molar-refractivity contribution in [1.29, 1.82) is 0 Å². The molecule has 1 amide bonds. The van der Waals surface area contributed by atoms with Crippen LogP contribution >= 0.6 is 0 Å². The topological polar surface area (TPSA) is 131 Å². The Kier molecular flexibility index (Phi) is 7.53. The van der Waals surface area contributed by atoms with E-state index in [9.17, 15) is 13.2 Å². The summed E-state index contributed by atoms with van der Waals surface area (Å²) in [5.41, 5.74) is 7.07. The molecule has 2 aliphatic rings. The van der Waals surface area contributed by atoms with Gasteiger partial charge in [0.05, 0.1) is 30.0 Å². The van der Waals surface area contributed by atoms with Crippen LogP contribution in [0.5, 0.6) is 0 Å². The third kappa shape index (κ3) is 5.67. The third-order valence-electron chi connectivity index (χ3n) is 5.91. The Balaban J connectivity index is 1.39. The SMILES string of the molecule is Nc1ncc(-c2ccc(S(=O)(=O)N3CCCC3)cc2)nc1C(=O)NCCCN1CCOCC1. The summed E-state index contributed by atoms with van der Waals surface area (Å²) in [5.74, 6) is -0.324. The maximum atomic E-state index is 12.7. The minimum atomic E-state index is -3.48. The Hall–Kier alpha value is -2.60. The van der Waals surface area contributed by atoms with Crippen LogP contribution in [0.2, 0.25) is 0 Å². The van der Waals surface area contributed by atoms with Crippen LogP contribution in [0.4, 0.5) is 5.82 Å². The number of hydrogen-bond donors (Lipinski definition) is 2. The summed E-state index contributed by atoms with van der Waals surface area (Å²) in [6.45, 7) is 5.81. The fraction of sp³-hybridized carbons (Fsp3) is 0.500. The first-order valence-corrected chi connectivity index (χ1v) is 12.7. The fourth-order valence-corrected chi connectivity index (χ4v) is 5.51. The van der Waals surface area contributed by atoms with Crippen molar-refractivity contribution in [3.8, 4) is 11.3 Å². The molecule has 3 heterocycles. The van der Waals surface area contributed by atoms with Crippen LogP contribution < -0.4 is 11.1 Å². The number of morpholine rings is 1. The quantitative estimate of drug-likeness (QED) is 0.541. The van der Waals surface area contributed by atoms with Gasteiger partial charge in [0.1, 0.15) is 0 Å². The number of amides is 1. The predicted octanol–water partition coefficient (Wildman–Crippen LogP) is 0.962. The Morgan fingerprint density at radius 2 is 1.79 bits per heavy atom. The molecule has 0 radical (unpaired) electrons. The van der Waals surface area contributed by atoms with Gasteiger partial charge in [0, 0.05) is 38.3 Å². The lowest BCUT2D eigenvalue weighted by Crippen LogP contribution is -2.38.